The molecule has 0 radical (unpaired) electrons. The molecular formula is C20H18ClN3O3. The van der Waals surface area contributed by atoms with E-state index >= 15 is 0 Å². The van der Waals surface area contributed by atoms with Crippen molar-refractivity contribution in [3.05, 3.63) is 69.8 Å². The van der Waals surface area contributed by atoms with Crippen LogP contribution in [0.4, 0.5) is 0 Å². The number of hydrogen-bond donors (Lipinski definition) is 2. The molecule has 0 bridgehead atoms. The summed E-state index contributed by atoms with van der Waals surface area (Å²) in [5, 5.41) is 4.57. The maximum absolute atomic E-state index is 12.1. The number of hydrogen-bond acceptors (Lipinski definition) is 3. The lowest BCUT2D eigenvalue weighted by molar-refractivity contribution is -0.121. The van der Waals surface area contributed by atoms with E-state index in [0.29, 0.717) is 22.7 Å². The Hall–Kier alpha value is -2.99. The SMILES string of the molecule is O=C(CCn1c(=O)oc2cc(Cl)ccc21)NCCc1c[nH]c2ccccc12. The van der Waals surface area contributed by atoms with E-state index < -0.39 is 5.76 Å². The van der Waals surface area contributed by atoms with Crippen molar-refractivity contribution in [2.45, 2.75) is 19.4 Å². The van der Waals surface area contributed by atoms with Crippen molar-refractivity contribution in [2.75, 3.05) is 6.54 Å². The van der Waals surface area contributed by atoms with E-state index in [0.717, 1.165) is 11.9 Å². The predicted molar refractivity (Wildman–Crippen MR) is 105 cm³/mol. The molecule has 2 N–H and O–H groups in total. The Labute approximate surface area is 159 Å². The van der Waals surface area contributed by atoms with Crippen molar-refractivity contribution in [1.82, 2.24) is 14.9 Å². The number of carbonyl (C=O) groups excluding carboxylic acids is 1. The average molecular weight is 384 g/mol. The fourth-order valence-electron chi connectivity index (χ4n) is 3.23. The third kappa shape index (κ3) is 3.61. The second-order valence-corrected chi connectivity index (χ2v) is 6.78. The Bertz CT molecular complexity index is 1170. The fraction of sp³-hybridized carbons (Fsp3) is 0.200. The standard InChI is InChI=1S/C20H18ClN3O3/c21-14-5-6-17-18(11-14)27-20(26)24(17)10-8-19(25)22-9-7-13-12-23-16-4-2-1-3-15(13)16/h1-6,11-12,23H,7-10H2,(H,22,25). The van der Waals surface area contributed by atoms with Crippen LogP contribution >= 0.6 is 11.6 Å². The molecule has 2 heterocycles. The maximum atomic E-state index is 12.1. The predicted octanol–water partition coefficient (Wildman–Crippen LogP) is 3.48. The molecule has 0 atom stereocenters. The number of fused-ring (bicyclic) bond motifs is 2. The van der Waals surface area contributed by atoms with Crippen molar-refractivity contribution >= 4 is 39.5 Å². The molecule has 2 aromatic carbocycles. The number of benzene rings is 2. The van der Waals surface area contributed by atoms with Crippen molar-refractivity contribution in [3.63, 3.8) is 0 Å². The highest BCUT2D eigenvalue weighted by molar-refractivity contribution is 6.31. The van der Waals surface area contributed by atoms with Crippen molar-refractivity contribution in [1.29, 1.82) is 0 Å². The number of aryl methyl sites for hydroxylation is 1. The summed E-state index contributed by atoms with van der Waals surface area (Å²) < 4.78 is 6.62. The number of oxazole rings is 1. The second-order valence-electron chi connectivity index (χ2n) is 6.34. The summed E-state index contributed by atoms with van der Waals surface area (Å²) in [6.07, 6.45) is 2.91. The van der Waals surface area contributed by atoms with E-state index in [1.165, 1.54) is 15.5 Å². The van der Waals surface area contributed by atoms with Crippen LogP contribution in [0.1, 0.15) is 12.0 Å². The smallest absolute Gasteiger partial charge is 0.408 e. The monoisotopic (exact) mass is 383 g/mol. The number of carbonyl (C=O) groups is 1. The van der Waals surface area contributed by atoms with Gasteiger partial charge in [-0.15, -0.1) is 0 Å². The lowest BCUT2D eigenvalue weighted by Gasteiger charge is -2.05. The highest BCUT2D eigenvalue weighted by Gasteiger charge is 2.11. The van der Waals surface area contributed by atoms with Crippen LogP contribution in [-0.2, 0) is 17.8 Å². The van der Waals surface area contributed by atoms with Gasteiger partial charge in [-0.05, 0) is 30.2 Å². The topological polar surface area (TPSA) is 80.0 Å². The molecule has 2 aromatic heterocycles. The minimum atomic E-state index is -0.487. The van der Waals surface area contributed by atoms with Gasteiger partial charge in [-0.25, -0.2) is 4.79 Å². The van der Waals surface area contributed by atoms with E-state index in [2.05, 4.69) is 16.4 Å². The summed E-state index contributed by atoms with van der Waals surface area (Å²) in [7, 11) is 0. The van der Waals surface area contributed by atoms with Crippen LogP contribution < -0.4 is 11.1 Å². The molecule has 0 spiro atoms. The number of halogens is 1. The largest absolute Gasteiger partial charge is 0.419 e. The van der Waals surface area contributed by atoms with Crippen LogP contribution in [0.3, 0.4) is 0 Å². The van der Waals surface area contributed by atoms with Gasteiger partial charge in [0.15, 0.2) is 5.58 Å². The molecule has 4 rings (SSSR count). The second kappa shape index (κ2) is 7.32. The van der Waals surface area contributed by atoms with Crippen LogP contribution in [0.5, 0.6) is 0 Å². The number of rotatable bonds is 6. The number of aromatic nitrogens is 2. The van der Waals surface area contributed by atoms with E-state index in [-0.39, 0.29) is 18.9 Å². The van der Waals surface area contributed by atoms with Crippen LogP contribution in [0.25, 0.3) is 22.0 Å². The Kier molecular flexibility index (Phi) is 4.73. The molecule has 7 heteroatoms. The number of amides is 1. The first kappa shape index (κ1) is 17.4. The fourth-order valence-corrected chi connectivity index (χ4v) is 3.39. The first-order valence-corrected chi connectivity index (χ1v) is 9.10. The molecule has 0 saturated carbocycles. The van der Waals surface area contributed by atoms with Gasteiger partial charge < -0.3 is 14.7 Å². The first-order valence-electron chi connectivity index (χ1n) is 8.72. The molecule has 0 aliphatic rings. The molecule has 6 nitrogen and oxygen atoms in total. The lowest BCUT2D eigenvalue weighted by Crippen LogP contribution is -2.27. The van der Waals surface area contributed by atoms with Crippen LogP contribution in [0.15, 0.2) is 57.9 Å². The van der Waals surface area contributed by atoms with E-state index in [4.69, 9.17) is 16.0 Å². The number of H-pyrrole nitrogens is 1. The zero-order valence-corrected chi connectivity index (χ0v) is 15.3. The zero-order valence-electron chi connectivity index (χ0n) is 14.5. The van der Waals surface area contributed by atoms with Crippen LogP contribution in [0.2, 0.25) is 5.02 Å². The van der Waals surface area contributed by atoms with Crippen molar-refractivity contribution in [2.24, 2.45) is 0 Å². The molecule has 0 fully saturated rings. The Morgan fingerprint density at radius 3 is 2.96 bits per heavy atom. The molecular weight excluding hydrogens is 366 g/mol. The number of aromatic amines is 1. The Balaban J connectivity index is 1.34. The van der Waals surface area contributed by atoms with Gasteiger partial charge in [0.05, 0.1) is 5.52 Å². The lowest BCUT2D eigenvalue weighted by atomic mass is 10.1. The summed E-state index contributed by atoms with van der Waals surface area (Å²) in [6.45, 7) is 0.795. The maximum Gasteiger partial charge on any atom is 0.419 e. The summed E-state index contributed by atoms with van der Waals surface area (Å²) in [5.74, 6) is -0.594. The van der Waals surface area contributed by atoms with Crippen molar-refractivity contribution in [3.8, 4) is 0 Å². The van der Waals surface area contributed by atoms with Crippen LogP contribution in [-0.4, -0.2) is 22.0 Å². The van der Waals surface area contributed by atoms with Gasteiger partial charge in [-0.3, -0.25) is 9.36 Å². The zero-order chi connectivity index (χ0) is 18.8. The summed E-state index contributed by atoms with van der Waals surface area (Å²) in [6, 6.07) is 13.1. The Morgan fingerprint density at radius 1 is 1.22 bits per heavy atom. The molecule has 0 unspecified atom stereocenters. The van der Waals surface area contributed by atoms with Gasteiger partial charge in [-0.2, -0.15) is 0 Å². The quantitative estimate of drug-likeness (QED) is 0.535. The molecule has 0 aliphatic heterocycles. The summed E-state index contributed by atoms with van der Waals surface area (Å²) in [4.78, 5) is 27.3. The van der Waals surface area contributed by atoms with Gasteiger partial charge >= 0.3 is 5.76 Å². The highest BCUT2D eigenvalue weighted by Crippen LogP contribution is 2.19. The van der Waals surface area contributed by atoms with Crippen molar-refractivity contribution < 1.29 is 9.21 Å². The van der Waals surface area contributed by atoms with E-state index in [1.807, 2.05) is 24.4 Å². The molecule has 4 aromatic rings. The number of para-hydroxylation sites is 1. The van der Waals surface area contributed by atoms with Crippen LogP contribution in [0, 0.1) is 0 Å². The van der Waals surface area contributed by atoms with Gasteiger partial charge in [0, 0.05) is 47.7 Å². The molecule has 138 valence electrons. The number of nitrogens with one attached hydrogen (secondary N) is 2. The molecule has 1 amide bonds. The first-order chi connectivity index (χ1) is 13.1. The summed E-state index contributed by atoms with van der Waals surface area (Å²) in [5.41, 5.74) is 3.31. The van der Waals surface area contributed by atoms with Gasteiger partial charge in [0.2, 0.25) is 5.91 Å². The van der Waals surface area contributed by atoms with E-state index in [1.54, 1.807) is 18.2 Å². The van der Waals surface area contributed by atoms with E-state index in [9.17, 15) is 9.59 Å². The van der Waals surface area contributed by atoms with Gasteiger partial charge in [-0.1, -0.05) is 29.8 Å². The highest BCUT2D eigenvalue weighted by atomic mass is 35.5. The number of nitrogens with zero attached hydrogens (tertiary/aromatic N) is 1. The van der Waals surface area contributed by atoms with Gasteiger partial charge in [0.25, 0.3) is 0 Å². The third-order valence-corrected chi connectivity index (χ3v) is 4.82. The Morgan fingerprint density at radius 2 is 2.07 bits per heavy atom. The molecule has 0 aliphatic carbocycles. The van der Waals surface area contributed by atoms with Gasteiger partial charge in [0.1, 0.15) is 0 Å². The minimum absolute atomic E-state index is 0.106. The average Bonchev–Trinajstić information content (AvgIpc) is 3.20. The third-order valence-electron chi connectivity index (χ3n) is 4.58. The molecule has 27 heavy (non-hydrogen) atoms. The normalized spacial score (nSPS) is 11.3. The summed E-state index contributed by atoms with van der Waals surface area (Å²) >= 11 is 5.91. The molecule has 0 saturated heterocycles. The minimum Gasteiger partial charge on any atom is -0.408 e.